The van der Waals surface area contributed by atoms with Gasteiger partial charge in [-0.1, -0.05) is 0 Å². The van der Waals surface area contributed by atoms with E-state index < -0.39 is 11.1 Å². The minimum Gasteiger partial charge on any atom is -0.388 e. The predicted molar refractivity (Wildman–Crippen MR) is 55.2 cm³/mol. The Bertz CT molecular complexity index is 287. The smallest absolute Gasteiger partial charge is 0.172 e. The summed E-state index contributed by atoms with van der Waals surface area (Å²) in [6.07, 6.45) is 0. The zero-order chi connectivity index (χ0) is 9.68. The maximum absolute atomic E-state index is 10.3. The highest BCUT2D eigenvalue weighted by Crippen LogP contribution is 2.12. The van der Waals surface area contributed by atoms with Crippen molar-refractivity contribution in [1.29, 1.82) is 0 Å². The highest BCUT2D eigenvalue weighted by atomic mass is 32.2. The molecule has 1 aromatic carbocycles. The molecule has 0 saturated carbocycles. The van der Waals surface area contributed by atoms with E-state index in [0.717, 1.165) is 11.4 Å². The fourth-order valence-electron chi connectivity index (χ4n) is 0.900. The average Bonchev–Trinajstić information content (AvgIpc) is 2.15. The quantitative estimate of drug-likeness (QED) is 0.641. The van der Waals surface area contributed by atoms with E-state index in [4.69, 9.17) is 4.55 Å². The first-order valence-corrected chi connectivity index (χ1v) is 5.09. The van der Waals surface area contributed by atoms with Crippen molar-refractivity contribution in [2.24, 2.45) is 0 Å². The van der Waals surface area contributed by atoms with Crippen molar-refractivity contribution < 1.29 is 8.76 Å². The van der Waals surface area contributed by atoms with Gasteiger partial charge in [0.25, 0.3) is 0 Å². The second-order valence-corrected chi connectivity index (χ2v) is 3.40. The van der Waals surface area contributed by atoms with Gasteiger partial charge in [-0.3, -0.25) is 0 Å². The van der Waals surface area contributed by atoms with Crippen LogP contribution in [0.5, 0.6) is 0 Å². The molecule has 1 aromatic rings. The molecule has 1 atom stereocenters. The third-order valence-corrected chi connectivity index (χ3v) is 1.96. The molecule has 0 spiro atoms. The van der Waals surface area contributed by atoms with Gasteiger partial charge >= 0.3 is 0 Å². The van der Waals surface area contributed by atoms with Crippen LogP contribution in [-0.2, 0) is 11.1 Å². The molecule has 5 heteroatoms. The summed E-state index contributed by atoms with van der Waals surface area (Å²) in [6.45, 7) is 0. The van der Waals surface area contributed by atoms with Gasteiger partial charge in [0.05, 0.1) is 0 Å². The molecule has 4 nitrogen and oxygen atoms in total. The number of rotatable bonds is 4. The molecule has 13 heavy (non-hydrogen) atoms. The Kier molecular flexibility index (Phi) is 3.72. The van der Waals surface area contributed by atoms with Crippen LogP contribution in [0.3, 0.4) is 0 Å². The van der Waals surface area contributed by atoms with Gasteiger partial charge < -0.3 is 15.2 Å². The van der Waals surface area contributed by atoms with Crippen LogP contribution in [0, 0.1) is 0 Å². The van der Waals surface area contributed by atoms with Crippen molar-refractivity contribution in [1.82, 2.24) is 0 Å². The average molecular weight is 200 g/mol. The highest BCUT2D eigenvalue weighted by molar-refractivity contribution is 7.79. The minimum atomic E-state index is -1.80. The van der Waals surface area contributed by atoms with E-state index >= 15 is 0 Å². The lowest BCUT2D eigenvalue weighted by Gasteiger charge is -2.04. The fraction of sp³-hybridized carbons (Fsp3) is 0.250. The van der Waals surface area contributed by atoms with E-state index in [0.29, 0.717) is 0 Å². The summed E-state index contributed by atoms with van der Waals surface area (Å²) >= 11 is -1.80. The van der Waals surface area contributed by atoms with Gasteiger partial charge in [0.1, 0.15) is 5.88 Å². The largest absolute Gasteiger partial charge is 0.388 e. The molecule has 0 aromatic heterocycles. The number of anilines is 2. The summed E-state index contributed by atoms with van der Waals surface area (Å²) < 4.78 is 18.8. The Morgan fingerprint density at radius 3 is 2.31 bits per heavy atom. The van der Waals surface area contributed by atoms with E-state index in [1.54, 1.807) is 0 Å². The van der Waals surface area contributed by atoms with Crippen LogP contribution in [-0.4, -0.2) is 21.7 Å². The van der Waals surface area contributed by atoms with Gasteiger partial charge in [-0.2, -0.15) is 0 Å². The summed E-state index contributed by atoms with van der Waals surface area (Å²) in [6, 6.07) is 7.47. The zero-order valence-electron chi connectivity index (χ0n) is 7.28. The molecule has 0 aliphatic rings. The van der Waals surface area contributed by atoms with Crippen LogP contribution >= 0.6 is 0 Å². The lowest BCUT2D eigenvalue weighted by atomic mass is 10.3. The van der Waals surface area contributed by atoms with Crippen LogP contribution < -0.4 is 10.6 Å². The summed E-state index contributed by atoms with van der Waals surface area (Å²) in [5, 5.41) is 5.80. The van der Waals surface area contributed by atoms with E-state index in [9.17, 15) is 4.21 Å². The first kappa shape index (κ1) is 10.0. The minimum absolute atomic E-state index is 0.0545. The molecule has 0 fully saturated rings. The molecule has 0 saturated heterocycles. The predicted octanol–water partition coefficient (Wildman–Crippen LogP) is 1.32. The van der Waals surface area contributed by atoms with Gasteiger partial charge in [-0.15, -0.1) is 0 Å². The van der Waals surface area contributed by atoms with Crippen LogP contribution in [0.1, 0.15) is 0 Å². The van der Waals surface area contributed by atoms with Gasteiger partial charge in [0, 0.05) is 18.4 Å². The molecule has 0 bridgehead atoms. The van der Waals surface area contributed by atoms with Gasteiger partial charge in [0.15, 0.2) is 11.1 Å². The molecule has 0 aliphatic heterocycles. The first-order chi connectivity index (χ1) is 6.22. The maximum Gasteiger partial charge on any atom is 0.172 e. The molecule has 0 heterocycles. The Morgan fingerprint density at radius 1 is 1.31 bits per heavy atom. The van der Waals surface area contributed by atoms with Crippen LogP contribution in [0.25, 0.3) is 0 Å². The molecular formula is C8H12N2O2S. The molecule has 0 radical (unpaired) electrons. The Labute approximate surface area is 79.6 Å². The number of hydrogen-bond acceptors (Lipinski definition) is 3. The topological polar surface area (TPSA) is 61.4 Å². The van der Waals surface area contributed by atoms with Gasteiger partial charge in [-0.25, -0.2) is 4.21 Å². The number of benzene rings is 1. The molecule has 0 aliphatic carbocycles. The van der Waals surface area contributed by atoms with Crippen molar-refractivity contribution in [2.75, 3.05) is 23.6 Å². The Hall–Kier alpha value is -1.07. The van der Waals surface area contributed by atoms with Crippen molar-refractivity contribution in [3.05, 3.63) is 24.3 Å². The lowest BCUT2D eigenvalue weighted by molar-refractivity contribution is 0.566. The summed E-state index contributed by atoms with van der Waals surface area (Å²) in [5.74, 6) is 0.0545. The van der Waals surface area contributed by atoms with E-state index in [1.165, 1.54) is 0 Å². The third-order valence-electron chi connectivity index (χ3n) is 1.57. The van der Waals surface area contributed by atoms with Crippen molar-refractivity contribution >= 4 is 22.5 Å². The SMILES string of the molecule is CNc1ccc(NCS(=O)O)cc1. The normalized spacial score (nSPS) is 12.2. The summed E-state index contributed by atoms with van der Waals surface area (Å²) in [4.78, 5) is 0. The second kappa shape index (κ2) is 4.84. The van der Waals surface area contributed by atoms with Crippen LogP contribution in [0.2, 0.25) is 0 Å². The summed E-state index contributed by atoms with van der Waals surface area (Å²) in [7, 11) is 1.84. The number of nitrogens with one attached hydrogen (secondary N) is 2. The second-order valence-electron chi connectivity index (χ2n) is 2.47. The monoisotopic (exact) mass is 200 g/mol. The van der Waals surface area contributed by atoms with Crippen molar-refractivity contribution in [2.45, 2.75) is 0 Å². The summed E-state index contributed by atoms with van der Waals surface area (Å²) in [5.41, 5.74) is 1.84. The molecular weight excluding hydrogens is 188 g/mol. The molecule has 1 rings (SSSR count). The van der Waals surface area contributed by atoms with Crippen molar-refractivity contribution in [3.63, 3.8) is 0 Å². The van der Waals surface area contributed by atoms with Crippen LogP contribution in [0.4, 0.5) is 11.4 Å². The van der Waals surface area contributed by atoms with Crippen molar-refractivity contribution in [3.8, 4) is 0 Å². The Balaban J connectivity index is 2.54. The third kappa shape index (κ3) is 3.43. The highest BCUT2D eigenvalue weighted by Gasteiger charge is 1.94. The fourth-order valence-corrected chi connectivity index (χ4v) is 1.19. The molecule has 0 amide bonds. The maximum atomic E-state index is 10.3. The standard InChI is InChI=1S/C8H12N2O2S/c1-9-7-2-4-8(5-3-7)10-6-13(11)12/h2-5,9-10H,6H2,1H3,(H,11,12). The van der Waals surface area contributed by atoms with Crippen LogP contribution in [0.15, 0.2) is 24.3 Å². The lowest BCUT2D eigenvalue weighted by Crippen LogP contribution is -2.06. The number of hydrogen-bond donors (Lipinski definition) is 3. The van der Waals surface area contributed by atoms with Gasteiger partial charge in [-0.05, 0) is 24.3 Å². The zero-order valence-corrected chi connectivity index (χ0v) is 8.10. The first-order valence-electron chi connectivity index (χ1n) is 3.81. The van der Waals surface area contributed by atoms with E-state index in [1.807, 2.05) is 31.3 Å². The van der Waals surface area contributed by atoms with Gasteiger partial charge in [0.2, 0.25) is 0 Å². The molecule has 72 valence electrons. The van der Waals surface area contributed by atoms with E-state index in [-0.39, 0.29) is 5.88 Å². The molecule has 1 unspecified atom stereocenters. The molecule has 3 N–H and O–H groups in total. The Morgan fingerprint density at radius 2 is 1.85 bits per heavy atom. The van der Waals surface area contributed by atoms with E-state index in [2.05, 4.69) is 10.6 Å².